The van der Waals surface area contributed by atoms with Crippen LogP contribution in [-0.4, -0.2) is 35.9 Å². The molecule has 0 amide bonds. The van der Waals surface area contributed by atoms with Crippen molar-refractivity contribution in [3.63, 3.8) is 0 Å². The van der Waals surface area contributed by atoms with E-state index < -0.39 is 6.55 Å². The number of halogens is 2. The molecule has 166 valence electrons. The molecule has 3 aromatic heterocycles. The normalized spacial score (nSPS) is 16.8. The molecule has 1 aromatic carbocycles. The van der Waals surface area contributed by atoms with Gasteiger partial charge < -0.3 is 4.74 Å². The summed E-state index contributed by atoms with van der Waals surface area (Å²) in [5, 5.41) is 14.3. The van der Waals surface area contributed by atoms with Crippen LogP contribution < -0.4 is 5.56 Å². The van der Waals surface area contributed by atoms with Crippen LogP contribution in [0.1, 0.15) is 37.7 Å². The zero-order valence-corrected chi connectivity index (χ0v) is 17.8. The Kier molecular flexibility index (Phi) is 5.75. The van der Waals surface area contributed by atoms with Crippen LogP contribution in [0, 0.1) is 0 Å². The summed E-state index contributed by atoms with van der Waals surface area (Å²) in [6.45, 7) is -1.68. The Labute approximate surface area is 185 Å². The lowest BCUT2D eigenvalue weighted by Gasteiger charge is -2.22. The van der Waals surface area contributed by atoms with Crippen LogP contribution >= 0.6 is 11.8 Å². The Hall–Kier alpha value is -3.05. The monoisotopic (exact) mass is 458 g/mol. The first-order valence-corrected chi connectivity index (χ1v) is 11.1. The molecule has 0 aliphatic carbocycles. The molecule has 1 unspecified atom stereocenters. The van der Waals surface area contributed by atoms with E-state index in [0.29, 0.717) is 20.5 Å². The second kappa shape index (κ2) is 8.83. The van der Waals surface area contributed by atoms with Crippen LogP contribution in [0.3, 0.4) is 0 Å². The highest BCUT2D eigenvalue weighted by atomic mass is 32.2. The van der Waals surface area contributed by atoms with Crippen LogP contribution in [-0.2, 0) is 11.3 Å². The summed E-state index contributed by atoms with van der Waals surface area (Å²) in [6, 6.07) is 8.69. The van der Waals surface area contributed by atoms with Gasteiger partial charge in [-0.15, -0.1) is 0 Å². The van der Waals surface area contributed by atoms with Gasteiger partial charge in [0.25, 0.3) is 5.56 Å². The minimum absolute atomic E-state index is 0.0539. The van der Waals surface area contributed by atoms with Crippen molar-refractivity contribution in [2.75, 3.05) is 6.61 Å². The second-order valence-corrected chi connectivity index (χ2v) is 8.57. The van der Waals surface area contributed by atoms with Crippen LogP contribution in [0.15, 0.2) is 63.6 Å². The number of hydrogen-bond donors (Lipinski definition) is 0. The number of ether oxygens (including phenoxy) is 1. The maximum atomic E-state index is 12.9. The highest BCUT2D eigenvalue weighted by Crippen LogP contribution is 2.29. The quantitative estimate of drug-likeness (QED) is 0.433. The van der Waals surface area contributed by atoms with E-state index >= 15 is 0 Å². The molecule has 0 saturated carbocycles. The van der Waals surface area contributed by atoms with Crippen molar-refractivity contribution in [3.05, 3.63) is 65.0 Å². The molecule has 32 heavy (non-hydrogen) atoms. The van der Waals surface area contributed by atoms with E-state index in [1.165, 1.54) is 28.7 Å². The van der Waals surface area contributed by atoms with Gasteiger partial charge in [-0.3, -0.25) is 4.79 Å². The number of alkyl halides is 2. The Morgan fingerprint density at radius 3 is 2.84 bits per heavy atom. The molecule has 5 rings (SSSR count). The van der Waals surface area contributed by atoms with Gasteiger partial charge in [-0.05, 0) is 49.6 Å². The third-order valence-corrected chi connectivity index (χ3v) is 6.17. The minimum atomic E-state index is -2.68. The first-order valence-electron chi connectivity index (χ1n) is 10.2. The summed E-state index contributed by atoms with van der Waals surface area (Å²) in [5.74, 6) is 0. The summed E-state index contributed by atoms with van der Waals surface area (Å²) in [6.07, 6.45) is 7.78. The second-order valence-electron chi connectivity index (χ2n) is 7.48. The molecule has 1 atom stereocenters. The molecule has 8 nitrogen and oxygen atoms in total. The lowest BCUT2D eigenvalue weighted by molar-refractivity contribution is -0.0397. The molecule has 0 N–H and O–H groups in total. The van der Waals surface area contributed by atoms with Crippen molar-refractivity contribution in [3.8, 4) is 0 Å². The molecule has 1 fully saturated rings. The van der Waals surface area contributed by atoms with Crippen molar-refractivity contribution in [2.24, 2.45) is 0 Å². The Balaban J connectivity index is 1.34. The molecule has 1 aliphatic rings. The third kappa shape index (κ3) is 4.30. The van der Waals surface area contributed by atoms with Crippen LogP contribution in [0.2, 0.25) is 0 Å². The van der Waals surface area contributed by atoms with Crippen LogP contribution in [0.5, 0.6) is 0 Å². The zero-order chi connectivity index (χ0) is 22.1. The molecule has 4 aromatic rings. The fourth-order valence-corrected chi connectivity index (χ4v) is 4.48. The number of fused-ring (bicyclic) bond motifs is 1. The molecule has 0 bridgehead atoms. The standard InChI is InChI=1S/C21H20F2N6O2S/c22-21(23)28-9-7-18(26-28)32-16-4-5-17-14(11-16)12-24-29(20(17)30)13-15-6-8-27(25-15)19-3-1-2-10-31-19/h4-9,11-12,19,21H,1-3,10,13H2. The predicted octanol–water partition coefficient (Wildman–Crippen LogP) is 4.08. The SMILES string of the molecule is O=c1c2ccc(Sc3ccn(C(F)F)n3)cc2cnn1Cc1ccn(C2CCCCO2)n1. The zero-order valence-electron chi connectivity index (χ0n) is 17.0. The molecule has 0 spiro atoms. The van der Waals surface area contributed by atoms with E-state index in [-0.39, 0.29) is 18.3 Å². The maximum absolute atomic E-state index is 12.9. The van der Waals surface area contributed by atoms with Gasteiger partial charge in [-0.25, -0.2) is 14.0 Å². The van der Waals surface area contributed by atoms with Gasteiger partial charge in [0, 0.05) is 29.3 Å². The van der Waals surface area contributed by atoms with Gasteiger partial charge >= 0.3 is 6.55 Å². The molecular weight excluding hydrogens is 438 g/mol. The smallest absolute Gasteiger partial charge is 0.333 e. The minimum Gasteiger partial charge on any atom is -0.357 e. The first kappa shape index (κ1) is 20.8. The average molecular weight is 458 g/mol. The van der Waals surface area contributed by atoms with Crippen molar-refractivity contribution in [1.29, 1.82) is 0 Å². The van der Waals surface area contributed by atoms with E-state index in [1.54, 1.807) is 29.1 Å². The van der Waals surface area contributed by atoms with Crippen molar-refractivity contribution in [2.45, 2.75) is 48.5 Å². The molecule has 11 heteroatoms. The van der Waals surface area contributed by atoms with Crippen LogP contribution in [0.25, 0.3) is 10.8 Å². The Morgan fingerprint density at radius 1 is 1.16 bits per heavy atom. The van der Waals surface area contributed by atoms with Crippen molar-refractivity contribution >= 4 is 22.5 Å². The Morgan fingerprint density at radius 2 is 2.06 bits per heavy atom. The van der Waals surface area contributed by atoms with E-state index in [4.69, 9.17) is 4.74 Å². The van der Waals surface area contributed by atoms with Gasteiger partial charge in [0.2, 0.25) is 0 Å². The van der Waals surface area contributed by atoms with Crippen molar-refractivity contribution in [1.82, 2.24) is 29.3 Å². The predicted molar refractivity (Wildman–Crippen MR) is 114 cm³/mol. The molecular formula is C21H20F2N6O2S. The number of hydrogen-bond acceptors (Lipinski definition) is 6. The third-order valence-electron chi connectivity index (χ3n) is 5.26. The Bertz CT molecular complexity index is 1290. The first-order chi connectivity index (χ1) is 15.6. The molecule has 0 radical (unpaired) electrons. The highest BCUT2D eigenvalue weighted by Gasteiger charge is 2.17. The van der Waals surface area contributed by atoms with E-state index in [9.17, 15) is 13.6 Å². The fraction of sp³-hybridized carbons (Fsp3) is 0.333. The van der Waals surface area contributed by atoms with E-state index in [2.05, 4.69) is 15.3 Å². The van der Waals surface area contributed by atoms with Gasteiger partial charge in [0.15, 0.2) is 0 Å². The summed E-state index contributed by atoms with van der Waals surface area (Å²) in [5.41, 5.74) is 0.513. The largest absolute Gasteiger partial charge is 0.357 e. The number of rotatable bonds is 6. The average Bonchev–Trinajstić information content (AvgIpc) is 3.46. The van der Waals surface area contributed by atoms with Gasteiger partial charge in [0.1, 0.15) is 11.3 Å². The molecule has 1 aliphatic heterocycles. The summed E-state index contributed by atoms with van der Waals surface area (Å²) >= 11 is 1.24. The fourth-order valence-electron chi connectivity index (χ4n) is 3.65. The van der Waals surface area contributed by atoms with E-state index in [1.807, 2.05) is 12.3 Å². The molecule has 1 saturated heterocycles. The maximum Gasteiger partial charge on any atom is 0.333 e. The van der Waals surface area contributed by atoms with Crippen molar-refractivity contribution < 1.29 is 13.5 Å². The van der Waals surface area contributed by atoms with Gasteiger partial charge in [0.05, 0.1) is 23.8 Å². The van der Waals surface area contributed by atoms with Gasteiger partial charge in [-0.1, -0.05) is 11.8 Å². The van der Waals surface area contributed by atoms with Gasteiger partial charge in [-0.2, -0.15) is 24.1 Å². The lowest BCUT2D eigenvalue weighted by atomic mass is 10.2. The number of benzene rings is 1. The van der Waals surface area contributed by atoms with Crippen LogP contribution in [0.4, 0.5) is 8.78 Å². The lowest BCUT2D eigenvalue weighted by Crippen LogP contribution is -2.24. The number of nitrogens with zero attached hydrogens (tertiary/aromatic N) is 6. The van der Waals surface area contributed by atoms with E-state index in [0.717, 1.165) is 36.5 Å². The molecule has 4 heterocycles. The summed E-state index contributed by atoms with van der Waals surface area (Å²) < 4.78 is 34.9. The highest BCUT2D eigenvalue weighted by molar-refractivity contribution is 7.99. The summed E-state index contributed by atoms with van der Waals surface area (Å²) in [4.78, 5) is 13.7. The topological polar surface area (TPSA) is 79.8 Å². The summed E-state index contributed by atoms with van der Waals surface area (Å²) in [7, 11) is 0. The number of aromatic nitrogens is 6.